The smallest absolute Gasteiger partial charge is 0.280 e. The molecule has 3 aromatic rings. The van der Waals surface area contributed by atoms with Crippen molar-refractivity contribution in [1.29, 1.82) is 0 Å². The molecule has 0 bridgehead atoms. The zero-order valence-corrected chi connectivity index (χ0v) is 10.7. The van der Waals surface area contributed by atoms with Gasteiger partial charge in [0.25, 0.3) is 5.56 Å². The molecule has 3 rings (SSSR count). The molecule has 0 aliphatic rings. The lowest BCUT2D eigenvalue weighted by molar-refractivity contribution is 0.813. The molecule has 1 N–H and O–H groups in total. The summed E-state index contributed by atoms with van der Waals surface area (Å²) in [6, 6.07) is 7.99. The second kappa shape index (κ2) is 4.31. The standard InChI is InChI=1S/C13H13N5O/c1-8(2)9-3-5-10(6-4-9)18-12-11(16-17-18)13(19)15-7-14-12/h3-8H,1-2H3,(H,14,15,19). The Labute approximate surface area is 109 Å². The molecule has 0 aliphatic heterocycles. The van der Waals surface area contributed by atoms with Gasteiger partial charge in [0.05, 0.1) is 12.0 Å². The third-order valence-corrected chi connectivity index (χ3v) is 3.05. The number of fused-ring (bicyclic) bond motifs is 1. The van der Waals surface area contributed by atoms with E-state index in [9.17, 15) is 4.79 Å². The minimum absolute atomic E-state index is 0.246. The molecule has 0 saturated carbocycles. The van der Waals surface area contributed by atoms with Crippen molar-refractivity contribution < 1.29 is 0 Å². The summed E-state index contributed by atoms with van der Waals surface area (Å²) < 4.78 is 1.56. The number of aromatic nitrogens is 5. The topological polar surface area (TPSA) is 76.5 Å². The second-order valence-corrected chi connectivity index (χ2v) is 4.65. The van der Waals surface area contributed by atoms with Crippen LogP contribution in [0.5, 0.6) is 0 Å². The first-order chi connectivity index (χ1) is 9.16. The van der Waals surface area contributed by atoms with Crippen LogP contribution >= 0.6 is 0 Å². The maximum atomic E-state index is 11.6. The van der Waals surface area contributed by atoms with E-state index in [0.29, 0.717) is 11.6 Å². The number of aromatic amines is 1. The molecule has 0 unspecified atom stereocenters. The molecule has 0 radical (unpaired) electrons. The van der Waals surface area contributed by atoms with E-state index in [4.69, 9.17) is 0 Å². The van der Waals surface area contributed by atoms with Crippen molar-refractivity contribution in [2.45, 2.75) is 19.8 Å². The van der Waals surface area contributed by atoms with E-state index in [1.807, 2.05) is 24.3 Å². The Morgan fingerprint density at radius 1 is 1.21 bits per heavy atom. The van der Waals surface area contributed by atoms with Crippen molar-refractivity contribution in [2.75, 3.05) is 0 Å². The maximum absolute atomic E-state index is 11.6. The van der Waals surface area contributed by atoms with Gasteiger partial charge in [-0.2, -0.15) is 4.68 Å². The highest BCUT2D eigenvalue weighted by atomic mass is 16.1. The molecule has 0 aliphatic carbocycles. The van der Waals surface area contributed by atoms with E-state index in [1.165, 1.54) is 11.9 Å². The SMILES string of the molecule is CC(C)c1ccc(-n2nnc3c(=O)[nH]cnc32)cc1. The number of benzene rings is 1. The molecule has 0 spiro atoms. The van der Waals surface area contributed by atoms with Crippen LogP contribution in [0.3, 0.4) is 0 Å². The lowest BCUT2D eigenvalue weighted by Crippen LogP contribution is -2.07. The fraction of sp³-hybridized carbons (Fsp3) is 0.231. The first kappa shape index (κ1) is 11.6. The van der Waals surface area contributed by atoms with Crippen LogP contribution in [0.2, 0.25) is 0 Å². The van der Waals surface area contributed by atoms with Crippen LogP contribution in [0.25, 0.3) is 16.9 Å². The summed E-state index contributed by atoms with van der Waals surface area (Å²) in [4.78, 5) is 18.2. The van der Waals surface area contributed by atoms with Crippen LogP contribution < -0.4 is 5.56 Å². The van der Waals surface area contributed by atoms with Gasteiger partial charge in [-0.3, -0.25) is 4.79 Å². The van der Waals surface area contributed by atoms with Gasteiger partial charge in [0.15, 0.2) is 11.2 Å². The first-order valence-electron chi connectivity index (χ1n) is 6.06. The van der Waals surface area contributed by atoms with Crippen LogP contribution in [0.1, 0.15) is 25.3 Å². The minimum atomic E-state index is -0.282. The van der Waals surface area contributed by atoms with E-state index in [-0.39, 0.29) is 11.1 Å². The van der Waals surface area contributed by atoms with Crippen LogP contribution in [0.15, 0.2) is 35.4 Å². The van der Waals surface area contributed by atoms with Crippen molar-refractivity contribution in [1.82, 2.24) is 25.0 Å². The van der Waals surface area contributed by atoms with Gasteiger partial charge in [-0.25, -0.2) is 4.98 Å². The van der Waals surface area contributed by atoms with E-state index < -0.39 is 0 Å². The average Bonchev–Trinajstić information content (AvgIpc) is 2.84. The van der Waals surface area contributed by atoms with Gasteiger partial charge in [0.2, 0.25) is 0 Å². The Morgan fingerprint density at radius 3 is 2.63 bits per heavy atom. The highest BCUT2D eigenvalue weighted by Crippen LogP contribution is 2.17. The van der Waals surface area contributed by atoms with Gasteiger partial charge < -0.3 is 4.98 Å². The highest BCUT2D eigenvalue weighted by molar-refractivity contribution is 5.69. The van der Waals surface area contributed by atoms with Crippen LogP contribution in [-0.4, -0.2) is 25.0 Å². The third kappa shape index (κ3) is 1.91. The number of nitrogens with one attached hydrogen (secondary N) is 1. The molecular weight excluding hydrogens is 242 g/mol. The van der Waals surface area contributed by atoms with Gasteiger partial charge >= 0.3 is 0 Å². The summed E-state index contributed by atoms with van der Waals surface area (Å²) in [6.07, 6.45) is 1.35. The predicted octanol–water partition coefficient (Wildman–Crippen LogP) is 1.63. The van der Waals surface area contributed by atoms with Gasteiger partial charge in [-0.05, 0) is 23.6 Å². The molecule has 1 aromatic carbocycles. The zero-order valence-electron chi connectivity index (χ0n) is 10.7. The molecule has 0 amide bonds. The van der Waals surface area contributed by atoms with Crippen molar-refractivity contribution in [3.05, 3.63) is 46.5 Å². The van der Waals surface area contributed by atoms with Crippen molar-refractivity contribution in [2.24, 2.45) is 0 Å². The molecule has 0 saturated heterocycles. The van der Waals surface area contributed by atoms with Crippen LogP contribution in [0, 0.1) is 0 Å². The Morgan fingerprint density at radius 2 is 1.95 bits per heavy atom. The molecule has 2 aromatic heterocycles. The lowest BCUT2D eigenvalue weighted by Gasteiger charge is -2.06. The molecule has 2 heterocycles. The number of rotatable bonds is 2. The number of H-pyrrole nitrogens is 1. The van der Waals surface area contributed by atoms with Crippen LogP contribution in [-0.2, 0) is 0 Å². The van der Waals surface area contributed by atoms with Crippen molar-refractivity contribution in [3.63, 3.8) is 0 Å². The first-order valence-corrected chi connectivity index (χ1v) is 6.06. The number of hydrogen-bond acceptors (Lipinski definition) is 4. The van der Waals surface area contributed by atoms with E-state index in [1.54, 1.807) is 4.68 Å². The second-order valence-electron chi connectivity index (χ2n) is 4.65. The lowest BCUT2D eigenvalue weighted by atomic mass is 10.0. The van der Waals surface area contributed by atoms with Gasteiger partial charge in [-0.15, -0.1) is 5.10 Å². The van der Waals surface area contributed by atoms with E-state index in [2.05, 4.69) is 34.1 Å². The van der Waals surface area contributed by atoms with Crippen molar-refractivity contribution >= 4 is 11.2 Å². The summed E-state index contributed by atoms with van der Waals surface area (Å²) in [5.74, 6) is 0.475. The summed E-state index contributed by atoms with van der Waals surface area (Å²) in [6.45, 7) is 4.28. The summed E-state index contributed by atoms with van der Waals surface area (Å²) in [7, 11) is 0. The van der Waals surface area contributed by atoms with Crippen molar-refractivity contribution in [3.8, 4) is 5.69 Å². The van der Waals surface area contributed by atoms with Gasteiger partial charge in [-0.1, -0.05) is 31.2 Å². The largest absolute Gasteiger partial charge is 0.311 e. The fourth-order valence-corrected chi connectivity index (χ4v) is 1.93. The molecular formula is C13H13N5O. The molecule has 6 heteroatoms. The highest BCUT2D eigenvalue weighted by Gasteiger charge is 2.10. The number of nitrogens with zero attached hydrogens (tertiary/aromatic N) is 4. The van der Waals surface area contributed by atoms with E-state index in [0.717, 1.165) is 5.69 Å². The number of hydrogen-bond donors (Lipinski definition) is 1. The Kier molecular flexibility index (Phi) is 2.63. The molecule has 0 atom stereocenters. The summed E-state index contributed by atoms with van der Waals surface area (Å²) >= 11 is 0. The fourth-order valence-electron chi connectivity index (χ4n) is 1.93. The Bertz CT molecular complexity index is 770. The Hall–Kier alpha value is -2.50. The predicted molar refractivity (Wildman–Crippen MR) is 71.4 cm³/mol. The Balaban J connectivity index is 2.14. The summed E-state index contributed by atoms with van der Waals surface area (Å²) in [5.41, 5.74) is 2.51. The summed E-state index contributed by atoms with van der Waals surface area (Å²) in [5, 5.41) is 7.84. The van der Waals surface area contributed by atoms with Gasteiger partial charge in [0, 0.05) is 0 Å². The molecule has 96 valence electrons. The molecule has 0 fully saturated rings. The van der Waals surface area contributed by atoms with Gasteiger partial charge in [0.1, 0.15) is 0 Å². The minimum Gasteiger partial charge on any atom is -0.311 e. The molecule has 19 heavy (non-hydrogen) atoms. The van der Waals surface area contributed by atoms with E-state index >= 15 is 0 Å². The van der Waals surface area contributed by atoms with Crippen LogP contribution in [0.4, 0.5) is 0 Å². The normalized spacial score (nSPS) is 11.3. The quantitative estimate of drug-likeness (QED) is 0.755. The average molecular weight is 255 g/mol. The zero-order chi connectivity index (χ0) is 13.4. The molecule has 6 nitrogen and oxygen atoms in total. The maximum Gasteiger partial charge on any atom is 0.280 e. The third-order valence-electron chi connectivity index (χ3n) is 3.05. The monoisotopic (exact) mass is 255 g/mol.